The summed E-state index contributed by atoms with van der Waals surface area (Å²) in [5, 5.41) is 2.83. The lowest BCUT2D eigenvalue weighted by molar-refractivity contribution is -0.119. The zero-order valence-corrected chi connectivity index (χ0v) is 13.8. The molecular weight excluding hydrogens is 328 g/mol. The maximum absolute atomic E-state index is 12.5. The largest absolute Gasteiger partial charge is 0.497 e. The normalized spacial score (nSPS) is 16.7. The predicted octanol–water partition coefficient (Wildman–Crippen LogP) is 1.64. The minimum atomic E-state index is -0.536. The molecule has 2 heterocycles. The Morgan fingerprint density at radius 1 is 1.29 bits per heavy atom. The van der Waals surface area contributed by atoms with E-state index in [1.165, 1.54) is 35.3 Å². The Balaban J connectivity index is 1.70. The quantitative estimate of drug-likeness (QED) is 0.908. The van der Waals surface area contributed by atoms with Gasteiger partial charge in [0.2, 0.25) is 5.91 Å². The SMILES string of the molecule is COc1ccc(NC(=O)C2CSCN2C(=O)c2cnccn2)cc1. The van der Waals surface area contributed by atoms with Gasteiger partial charge in [-0.05, 0) is 24.3 Å². The number of rotatable bonds is 4. The Hall–Kier alpha value is -2.61. The van der Waals surface area contributed by atoms with E-state index in [2.05, 4.69) is 15.3 Å². The van der Waals surface area contributed by atoms with E-state index < -0.39 is 6.04 Å². The van der Waals surface area contributed by atoms with Crippen LogP contribution in [-0.4, -0.2) is 51.5 Å². The van der Waals surface area contributed by atoms with E-state index >= 15 is 0 Å². The summed E-state index contributed by atoms with van der Waals surface area (Å²) in [4.78, 5) is 34.5. The minimum absolute atomic E-state index is 0.220. The van der Waals surface area contributed by atoms with Crippen LogP contribution >= 0.6 is 11.8 Å². The number of methoxy groups -OCH3 is 1. The maximum atomic E-state index is 12.5. The number of amides is 2. The van der Waals surface area contributed by atoms with Gasteiger partial charge in [0, 0.05) is 23.8 Å². The van der Waals surface area contributed by atoms with Gasteiger partial charge >= 0.3 is 0 Å². The zero-order valence-electron chi connectivity index (χ0n) is 13.0. The predicted molar refractivity (Wildman–Crippen MR) is 90.9 cm³/mol. The van der Waals surface area contributed by atoms with Crippen LogP contribution in [0.3, 0.4) is 0 Å². The standard InChI is InChI=1S/C16H16N4O3S/c1-23-12-4-2-11(3-5-12)19-15(21)14-9-24-10-20(14)16(22)13-8-17-6-7-18-13/h2-8,14H,9-10H2,1H3,(H,19,21). The van der Waals surface area contributed by atoms with Crippen molar-refractivity contribution in [1.82, 2.24) is 14.9 Å². The number of thioether (sulfide) groups is 1. The van der Waals surface area contributed by atoms with Gasteiger partial charge in [-0.3, -0.25) is 14.6 Å². The van der Waals surface area contributed by atoms with E-state index in [-0.39, 0.29) is 17.5 Å². The highest BCUT2D eigenvalue weighted by atomic mass is 32.2. The number of hydrogen-bond acceptors (Lipinski definition) is 6. The molecule has 24 heavy (non-hydrogen) atoms. The van der Waals surface area contributed by atoms with Crippen LogP contribution in [0, 0.1) is 0 Å². The molecule has 7 nitrogen and oxygen atoms in total. The van der Waals surface area contributed by atoms with Gasteiger partial charge in [0.25, 0.3) is 5.91 Å². The fraction of sp³-hybridized carbons (Fsp3) is 0.250. The van der Waals surface area contributed by atoms with Crippen LogP contribution in [-0.2, 0) is 4.79 Å². The van der Waals surface area contributed by atoms with Crippen LogP contribution in [0.4, 0.5) is 5.69 Å². The number of anilines is 1. The molecule has 1 saturated heterocycles. The fourth-order valence-electron chi connectivity index (χ4n) is 2.32. The van der Waals surface area contributed by atoms with E-state index in [9.17, 15) is 9.59 Å². The fourth-order valence-corrected chi connectivity index (χ4v) is 3.47. The van der Waals surface area contributed by atoms with Crippen LogP contribution in [0.25, 0.3) is 0 Å². The summed E-state index contributed by atoms with van der Waals surface area (Å²) >= 11 is 1.53. The third-order valence-corrected chi connectivity index (χ3v) is 4.60. The van der Waals surface area contributed by atoms with Crippen LogP contribution in [0.2, 0.25) is 0 Å². The summed E-state index contributed by atoms with van der Waals surface area (Å²) < 4.78 is 5.09. The van der Waals surface area contributed by atoms with Crippen molar-refractivity contribution in [2.24, 2.45) is 0 Å². The first-order valence-corrected chi connectivity index (χ1v) is 8.44. The highest BCUT2D eigenvalue weighted by Gasteiger charge is 2.35. The van der Waals surface area contributed by atoms with E-state index in [1.807, 2.05) is 0 Å². The van der Waals surface area contributed by atoms with Gasteiger partial charge in [0.15, 0.2) is 0 Å². The molecule has 1 unspecified atom stereocenters. The Kier molecular flexibility index (Phi) is 4.95. The third-order valence-electron chi connectivity index (χ3n) is 3.59. The molecule has 2 amide bonds. The number of nitrogens with zero attached hydrogens (tertiary/aromatic N) is 3. The minimum Gasteiger partial charge on any atom is -0.497 e. The topological polar surface area (TPSA) is 84.4 Å². The lowest BCUT2D eigenvalue weighted by atomic mass is 10.2. The highest BCUT2D eigenvalue weighted by molar-refractivity contribution is 7.99. The van der Waals surface area contributed by atoms with Crippen molar-refractivity contribution in [3.05, 3.63) is 48.5 Å². The van der Waals surface area contributed by atoms with Gasteiger partial charge in [-0.25, -0.2) is 4.98 Å². The number of carbonyl (C=O) groups excluding carboxylic acids is 2. The summed E-state index contributed by atoms with van der Waals surface area (Å²) in [5.74, 6) is 1.21. The van der Waals surface area contributed by atoms with Crippen molar-refractivity contribution in [2.45, 2.75) is 6.04 Å². The summed E-state index contributed by atoms with van der Waals surface area (Å²) in [6, 6.07) is 6.51. The summed E-state index contributed by atoms with van der Waals surface area (Å²) in [5.41, 5.74) is 0.895. The molecule has 2 aromatic rings. The molecule has 1 aliphatic rings. The number of ether oxygens (including phenoxy) is 1. The average molecular weight is 344 g/mol. The smallest absolute Gasteiger partial charge is 0.275 e. The number of benzene rings is 1. The van der Waals surface area contributed by atoms with Gasteiger partial charge in [0.05, 0.1) is 19.2 Å². The molecule has 0 aliphatic carbocycles. The Bertz CT molecular complexity index is 724. The molecule has 124 valence electrons. The van der Waals surface area contributed by atoms with E-state index in [4.69, 9.17) is 4.74 Å². The van der Waals surface area contributed by atoms with Crippen molar-refractivity contribution in [2.75, 3.05) is 24.1 Å². The molecule has 1 atom stereocenters. The first kappa shape index (κ1) is 16.3. The van der Waals surface area contributed by atoms with Crippen LogP contribution < -0.4 is 10.1 Å². The van der Waals surface area contributed by atoms with E-state index in [0.717, 1.165) is 0 Å². The van der Waals surface area contributed by atoms with Crippen LogP contribution in [0.15, 0.2) is 42.9 Å². The van der Waals surface area contributed by atoms with Gasteiger partial charge < -0.3 is 15.0 Å². The summed E-state index contributed by atoms with van der Waals surface area (Å²) in [6.45, 7) is 0. The molecule has 1 aromatic carbocycles. The van der Waals surface area contributed by atoms with Gasteiger partial charge in [-0.1, -0.05) is 0 Å². The first-order chi connectivity index (χ1) is 11.7. The molecule has 0 spiro atoms. The molecule has 1 N–H and O–H groups in total. The molecule has 0 bridgehead atoms. The average Bonchev–Trinajstić information content (AvgIpc) is 3.12. The van der Waals surface area contributed by atoms with E-state index in [1.54, 1.807) is 31.4 Å². The Morgan fingerprint density at radius 3 is 2.75 bits per heavy atom. The number of nitrogens with one attached hydrogen (secondary N) is 1. The molecule has 3 rings (SSSR count). The van der Waals surface area contributed by atoms with Crippen LogP contribution in [0.5, 0.6) is 5.75 Å². The van der Waals surface area contributed by atoms with Crippen molar-refractivity contribution < 1.29 is 14.3 Å². The summed E-state index contributed by atoms with van der Waals surface area (Å²) in [6.07, 6.45) is 4.37. The lowest BCUT2D eigenvalue weighted by Crippen LogP contribution is -2.44. The Morgan fingerprint density at radius 2 is 2.08 bits per heavy atom. The van der Waals surface area contributed by atoms with Crippen LogP contribution in [0.1, 0.15) is 10.5 Å². The number of hydrogen-bond donors (Lipinski definition) is 1. The highest BCUT2D eigenvalue weighted by Crippen LogP contribution is 2.24. The van der Waals surface area contributed by atoms with Crippen molar-refractivity contribution in [3.63, 3.8) is 0 Å². The lowest BCUT2D eigenvalue weighted by Gasteiger charge is -2.22. The Labute approximate surface area is 143 Å². The third kappa shape index (κ3) is 3.48. The van der Waals surface area contributed by atoms with Gasteiger partial charge in [-0.15, -0.1) is 11.8 Å². The molecule has 0 radical (unpaired) electrons. The molecule has 8 heteroatoms. The summed E-state index contributed by atoms with van der Waals surface area (Å²) in [7, 11) is 1.58. The second-order valence-corrected chi connectivity index (χ2v) is 6.10. The molecule has 1 fully saturated rings. The van der Waals surface area contributed by atoms with Crippen molar-refractivity contribution in [3.8, 4) is 5.75 Å². The van der Waals surface area contributed by atoms with Crippen molar-refractivity contribution >= 4 is 29.3 Å². The maximum Gasteiger partial charge on any atom is 0.275 e. The van der Waals surface area contributed by atoms with Gasteiger partial charge in [0.1, 0.15) is 17.5 Å². The zero-order chi connectivity index (χ0) is 16.9. The molecule has 0 saturated carbocycles. The molecule has 1 aromatic heterocycles. The second-order valence-electron chi connectivity index (χ2n) is 5.10. The monoisotopic (exact) mass is 344 g/mol. The first-order valence-electron chi connectivity index (χ1n) is 7.28. The second kappa shape index (κ2) is 7.31. The molecule has 1 aliphatic heterocycles. The molecular formula is C16H16N4O3S. The van der Waals surface area contributed by atoms with Gasteiger partial charge in [-0.2, -0.15) is 0 Å². The number of carbonyl (C=O) groups is 2. The van der Waals surface area contributed by atoms with E-state index in [0.29, 0.717) is 23.1 Å². The van der Waals surface area contributed by atoms with Crippen molar-refractivity contribution in [1.29, 1.82) is 0 Å². The number of aromatic nitrogens is 2.